The van der Waals surface area contributed by atoms with Crippen LogP contribution in [0.15, 0.2) is 11.4 Å². The van der Waals surface area contributed by atoms with E-state index in [9.17, 15) is 4.79 Å². The molecule has 0 saturated heterocycles. The quantitative estimate of drug-likeness (QED) is 0.763. The molecule has 3 nitrogen and oxygen atoms in total. The van der Waals surface area contributed by atoms with Gasteiger partial charge in [-0.2, -0.15) is 0 Å². The summed E-state index contributed by atoms with van der Waals surface area (Å²) in [6.07, 6.45) is 0. The number of hydrogen-bond acceptors (Lipinski definition) is 5. The first-order valence-corrected chi connectivity index (χ1v) is 5.80. The second kappa shape index (κ2) is 3.76. The van der Waals surface area contributed by atoms with E-state index in [0.29, 0.717) is 20.5 Å². The van der Waals surface area contributed by atoms with Crippen LogP contribution in [-0.4, -0.2) is 15.4 Å². The normalized spacial score (nSPS) is 10.4. The van der Waals surface area contributed by atoms with Crippen LogP contribution in [0.5, 0.6) is 0 Å². The van der Waals surface area contributed by atoms with Gasteiger partial charge in [0.2, 0.25) is 5.78 Å². The second-order valence-electron chi connectivity index (χ2n) is 2.61. The van der Waals surface area contributed by atoms with Crippen LogP contribution in [0.3, 0.4) is 0 Å². The van der Waals surface area contributed by atoms with Crippen molar-refractivity contribution in [3.63, 3.8) is 0 Å². The zero-order valence-electron chi connectivity index (χ0n) is 7.15. The maximum Gasteiger partial charge on any atom is 0.217 e. The molecule has 0 radical (unpaired) electrons. The number of hydrogen-bond donors (Lipinski definition) is 0. The number of nitrogens with zero attached hydrogens (tertiary/aromatic N) is 2. The van der Waals surface area contributed by atoms with E-state index >= 15 is 0 Å². The fourth-order valence-corrected chi connectivity index (χ4v) is 2.75. The van der Waals surface area contributed by atoms with Crippen LogP contribution >= 0.6 is 34.5 Å². The van der Waals surface area contributed by atoms with Crippen LogP contribution in [0.25, 0.3) is 0 Å². The third-order valence-corrected chi connectivity index (χ3v) is 3.85. The van der Waals surface area contributed by atoms with Gasteiger partial charge in [0.15, 0.2) is 0 Å². The summed E-state index contributed by atoms with van der Waals surface area (Å²) in [6, 6.07) is 1.71. The van der Waals surface area contributed by atoms with Crippen molar-refractivity contribution in [1.82, 2.24) is 9.59 Å². The van der Waals surface area contributed by atoms with Crippen molar-refractivity contribution < 1.29 is 4.79 Å². The van der Waals surface area contributed by atoms with Crippen molar-refractivity contribution in [3.8, 4) is 0 Å². The smallest absolute Gasteiger partial charge is 0.217 e. The number of aromatic nitrogens is 2. The lowest BCUT2D eigenvalue weighted by Gasteiger charge is -1.94. The monoisotopic (exact) mass is 244 g/mol. The molecule has 14 heavy (non-hydrogen) atoms. The van der Waals surface area contributed by atoms with Gasteiger partial charge in [-0.3, -0.25) is 4.79 Å². The standard InChI is InChI=1S/C8H5ClN2OS2/c1-4-7(14-11-10-4)6(12)8-5(9)2-3-13-8/h2-3H,1H3. The van der Waals surface area contributed by atoms with Gasteiger partial charge in [0.25, 0.3) is 0 Å². The highest BCUT2D eigenvalue weighted by atomic mass is 35.5. The van der Waals surface area contributed by atoms with Crippen LogP contribution in [0.4, 0.5) is 0 Å². The van der Waals surface area contributed by atoms with Crippen LogP contribution in [0, 0.1) is 6.92 Å². The number of carbonyl (C=O) groups excluding carboxylic acids is 1. The summed E-state index contributed by atoms with van der Waals surface area (Å²) in [6.45, 7) is 1.76. The van der Waals surface area contributed by atoms with Crippen LogP contribution < -0.4 is 0 Å². The minimum Gasteiger partial charge on any atom is -0.287 e. The average molecular weight is 245 g/mol. The van der Waals surface area contributed by atoms with E-state index in [1.165, 1.54) is 11.3 Å². The Kier molecular flexibility index (Phi) is 2.62. The average Bonchev–Trinajstić information content (AvgIpc) is 2.73. The zero-order chi connectivity index (χ0) is 10.1. The van der Waals surface area contributed by atoms with E-state index < -0.39 is 0 Å². The minimum atomic E-state index is -0.0856. The van der Waals surface area contributed by atoms with Crippen molar-refractivity contribution in [2.24, 2.45) is 0 Å². The molecule has 0 unspecified atom stereocenters. The Balaban J connectivity index is 2.44. The van der Waals surface area contributed by atoms with Crippen LogP contribution in [-0.2, 0) is 0 Å². The summed E-state index contributed by atoms with van der Waals surface area (Å²) in [5.41, 5.74) is 0.657. The Bertz CT molecular complexity index is 435. The summed E-state index contributed by atoms with van der Waals surface area (Å²) in [4.78, 5) is 13.0. The van der Waals surface area contributed by atoms with Gasteiger partial charge < -0.3 is 0 Å². The van der Waals surface area contributed by atoms with Gasteiger partial charge in [-0.1, -0.05) is 16.1 Å². The topological polar surface area (TPSA) is 42.9 Å². The Morgan fingerprint density at radius 2 is 2.29 bits per heavy atom. The van der Waals surface area contributed by atoms with Crippen molar-refractivity contribution >= 4 is 40.3 Å². The van der Waals surface area contributed by atoms with Gasteiger partial charge in [-0.05, 0) is 29.9 Å². The Labute approximate surface area is 93.5 Å². The molecule has 0 aliphatic carbocycles. The van der Waals surface area contributed by atoms with Crippen LogP contribution in [0.2, 0.25) is 5.02 Å². The van der Waals surface area contributed by atoms with Crippen molar-refractivity contribution in [2.45, 2.75) is 6.92 Å². The molecule has 0 N–H and O–H groups in total. The second-order valence-corrected chi connectivity index (χ2v) is 4.69. The largest absolute Gasteiger partial charge is 0.287 e. The van der Waals surface area contributed by atoms with Gasteiger partial charge in [0.05, 0.1) is 15.6 Å². The molecule has 2 heterocycles. The van der Waals surface area contributed by atoms with Gasteiger partial charge in [-0.25, -0.2) is 0 Å². The molecule has 0 spiro atoms. The first-order valence-electron chi connectivity index (χ1n) is 3.77. The minimum absolute atomic E-state index is 0.0856. The molecule has 0 bridgehead atoms. The molecule has 2 rings (SSSR count). The summed E-state index contributed by atoms with van der Waals surface area (Å²) in [7, 11) is 0. The lowest BCUT2D eigenvalue weighted by atomic mass is 10.2. The van der Waals surface area contributed by atoms with Crippen molar-refractivity contribution in [2.75, 3.05) is 0 Å². The van der Waals surface area contributed by atoms with E-state index in [2.05, 4.69) is 9.59 Å². The predicted octanol–water partition coefficient (Wildman–Crippen LogP) is 2.79. The summed E-state index contributed by atoms with van der Waals surface area (Å²) in [5, 5.41) is 6.07. The number of thiophene rings is 1. The van der Waals surface area contributed by atoms with Crippen LogP contribution in [0.1, 0.15) is 20.2 Å². The molecule has 72 valence electrons. The molecular formula is C8H5ClN2OS2. The molecule has 0 aliphatic heterocycles. The molecule has 0 saturated carbocycles. The maximum absolute atomic E-state index is 11.9. The molecule has 2 aromatic heterocycles. The SMILES string of the molecule is Cc1nnsc1C(=O)c1sccc1Cl. The van der Waals surface area contributed by atoms with Crippen molar-refractivity contribution in [3.05, 3.63) is 31.9 Å². The fourth-order valence-electron chi connectivity index (χ4n) is 0.999. The molecule has 0 aromatic carbocycles. The lowest BCUT2D eigenvalue weighted by Crippen LogP contribution is -1.98. The summed E-state index contributed by atoms with van der Waals surface area (Å²) < 4.78 is 3.71. The number of carbonyl (C=O) groups is 1. The van der Waals surface area contributed by atoms with E-state index in [0.717, 1.165) is 11.5 Å². The highest BCUT2D eigenvalue weighted by molar-refractivity contribution is 7.15. The third-order valence-electron chi connectivity index (χ3n) is 1.68. The molecule has 2 aromatic rings. The number of rotatable bonds is 2. The highest BCUT2D eigenvalue weighted by Crippen LogP contribution is 2.26. The predicted molar refractivity (Wildman–Crippen MR) is 57.4 cm³/mol. The molecule has 0 fully saturated rings. The van der Waals surface area contributed by atoms with E-state index in [4.69, 9.17) is 11.6 Å². The van der Waals surface area contributed by atoms with E-state index in [1.807, 2.05) is 0 Å². The number of aryl methyl sites for hydroxylation is 1. The lowest BCUT2D eigenvalue weighted by molar-refractivity contribution is 0.104. The van der Waals surface area contributed by atoms with Crippen molar-refractivity contribution in [1.29, 1.82) is 0 Å². The molecule has 0 atom stereocenters. The first kappa shape index (κ1) is 9.76. The van der Waals surface area contributed by atoms with E-state index in [-0.39, 0.29) is 5.78 Å². The fraction of sp³-hybridized carbons (Fsp3) is 0.125. The van der Waals surface area contributed by atoms with E-state index in [1.54, 1.807) is 18.4 Å². The Hall–Kier alpha value is -0.780. The highest BCUT2D eigenvalue weighted by Gasteiger charge is 2.18. The maximum atomic E-state index is 11.9. The number of halogens is 1. The summed E-state index contributed by atoms with van der Waals surface area (Å²) in [5.74, 6) is -0.0856. The number of ketones is 1. The summed E-state index contributed by atoms with van der Waals surface area (Å²) >= 11 is 8.29. The molecule has 6 heteroatoms. The Morgan fingerprint density at radius 3 is 2.79 bits per heavy atom. The first-order chi connectivity index (χ1) is 6.70. The van der Waals surface area contributed by atoms with Gasteiger partial charge in [-0.15, -0.1) is 16.4 Å². The molecule has 0 amide bonds. The van der Waals surface area contributed by atoms with Gasteiger partial charge in [0, 0.05) is 0 Å². The Morgan fingerprint density at radius 1 is 1.50 bits per heavy atom. The zero-order valence-corrected chi connectivity index (χ0v) is 9.54. The third kappa shape index (κ3) is 1.58. The van der Waals surface area contributed by atoms with Gasteiger partial charge in [0.1, 0.15) is 4.88 Å². The molecule has 0 aliphatic rings. The molecular weight excluding hydrogens is 240 g/mol. The van der Waals surface area contributed by atoms with Gasteiger partial charge >= 0.3 is 0 Å².